The third kappa shape index (κ3) is 5.71. The molecule has 5 heteroatoms. The maximum Gasteiger partial charge on any atom is 0.232 e. The normalized spacial score (nSPS) is 12.4. The molecule has 0 spiro atoms. The molecule has 1 rings (SSSR count). The summed E-state index contributed by atoms with van der Waals surface area (Å²) < 4.78 is 27.5. The number of benzene rings is 1. The van der Waals surface area contributed by atoms with Gasteiger partial charge in [0.15, 0.2) is 0 Å². The smallest absolute Gasteiger partial charge is 0.232 e. The molecule has 0 unspecified atom stereocenters. The van der Waals surface area contributed by atoms with E-state index < -0.39 is 9.05 Å². The summed E-state index contributed by atoms with van der Waals surface area (Å²) in [5.41, 5.74) is 2.40. The van der Waals surface area contributed by atoms with E-state index in [1.165, 1.54) is 5.56 Å². The summed E-state index contributed by atoms with van der Waals surface area (Å²) in [7, 11) is 1.74. The highest BCUT2D eigenvalue weighted by molar-refractivity contribution is 8.13. The molecular formula is C15H23ClO3S. The monoisotopic (exact) mass is 318 g/mol. The van der Waals surface area contributed by atoms with Gasteiger partial charge in [-0.2, -0.15) is 0 Å². The minimum Gasteiger partial charge on any atom is -0.493 e. The van der Waals surface area contributed by atoms with Crippen LogP contribution in [0.4, 0.5) is 0 Å². The molecule has 0 N–H and O–H groups in total. The third-order valence-corrected chi connectivity index (χ3v) is 4.29. The van der Waals surface area contributed by atoms with Crippen LogP contribution in [-0.4, -0.2) is 20.8 Å². The van der Waals surface area contributed by atoms with Gasteiger partial charge in [0.2, 0.25) is 9.05 Å². The molecule has 0 heterocycles. The molecule has 1 aromatic rings. The van der Waals surface area contributed by atoms with E-state index >= 15 is 0 Å². The number of ether oxygens (including phenoxy) is 1. The molecule has 0 bridgehead atoms. The van der Waals surface area contributed by atoms with Gasteiger partial charge in [0, 0.05) is 10.7 Å². The molecule has 1 aromatic carbocycles. The molecule has 0 aliphatic rings. The molecule has 0 fully saturated rings. The van der Waals surface area contributed by atoms with E-state index in [0.717, 1.165) is 17.7 Å². The number of hydrogen-bond acceptors (Lipinski definition) is 3. The highest BCUT2D eigenvalue weighted by Gasteiger charge is 2.19. The molecule has 3 nitrogen and oxygen atoms in total. The number of halogens is 1. The lowest BCUT2D eigenvalue weighted by Crippen LogP contribution is -2.15. The van der Waals surface area contributed by atoms with Gasteiger partial charge in [0.05, 0.1) is 12.4 Å². The first-order valence-electron chi connectivity index (χ1n) is 6.82. The maximum absolute atomic E-state index is 10.9. The minimum absolute atomic E-state index is 0.0148. The Bertz CT molecular complexity index is 545. The number of aryl methyl sites for hydroxylation is 1. The van der Waals surface area contributed by atoms with Gasteiger partial charge in [-0.05, 0) is 35.4 Å². The minimum atomic E-state index is -3.44. The van der Waals surface area contributed by atoms with Gasteiger partial charge in [0.1, 0.15) is 5.75 Å². The first kappa shape index (κ1) is 17.3. The zero-order chi connectivity index (χ0) is 15.4. The fourth-order valence-electron chi connectivity index (χ4n) is 1.92. The summed E-state index contributed by atoms with van der Waals surface area (Å²) in [6, 6.07) is 6.17. The first-order valence-corrected chi connectivity index (χ1v) is 9.30. The zero-order valence-corrected chi connectivity index (χ0v) is 14.1. The summed E-state index contributed by atoms with van der Waals surface area (Å²) in [5, 5.41) is 0. The van der Waals surface area contributed by atoms with Gasteiger partial charge in [0.25, 0.3) is 0 Å². The molecular weight excluding hydrogens is 296 g/mol. The fourth-order valence-corrected chi connectivity index (χ4v) is 2.71. The molecule has 0 amide bonds. The van der Waals surface area contributed by atoms with Crippen LogP contribution in [0, 0.1) is 0 Å². The van der Waals surface area contributed by atoms with E-state index in [2.05, 4.69) is 33.8 Å². The van der Waals surface area contributed by atoms with Crippen LogP contribution in [0.3, 0.4) is 0 Å². The van der Waals surface area contributed by atoms with Crippen LogP contribution in [0.1, 0.15) is 45.2 Å². The molecule has 0 aromatic heterocycles. The average Bonchev–Trinajstić information content (AvgIpc) is 2.32. The van der Waals surface area contributed by atoms with Gasteiger partial charge in [-0.1, -0.05) is 39.8 Å². The summed E-state index contributed by atoms with van der Waals surface area (Å²) >= 11 is 0. The second-order valence-electron chi connectivity index (χ2n) is 5.88. The van der Waals surface area contributed by atoms with Crippen molar-refractivity contribution in [2.24, 2.45) is 0 Å². The standard InChI is InChI=1S/C15H23ClO3S/c1-5-12-7-8-14(13(11-12)15(2,3)4)19-9-6-10-20(16,17)18/h7-8,11H,5-6,9-10H2,1-4H3. The lowest BCUT2D eigenvalue weighted by molar-refractivity contribution is 0.309. The van der Waals surface area contributed by atoms with Crippen LogP contribution in [0.5, 0.6) is 5.75 Å². The van der Waals surface area contributed by atoms with Crippen molar-refractivity contribution < 1.29 is 13.2 Å². The summed E-state index contributed by atoms with van der Waals surface area (Å²) in [5.74, 6) is 0.758. The Kier molecular flexibility index (Phi) is 5.90. The van der Waals surface area contributed by atoms with Crippen LogP contribution in [0.2, 0.25) is 0 Å². The van der Waals surface area contributed by atoms with Gasteiger partial charge in [-0.15, -0.1) is 0 Å². The predicted molar refractivity (Wildman–Crippen MR) is 84.3 cm³/mol. The van der Waals surface area contributed by atoms with E-state index in [9.17, 15) is 8.42 Å². The highest BCUT2D eigenvalue weighted by Crippen LogP contribution is 2.32. The number of rotatable bonds is 6. The summed E-state index contributed by atoms with van der Waals surface area (Å²) in [4.78, 5) is 0. The van der Waals surface area contributed by atoms with Crippen molar-refractivity contribution in [2.75, 3.05) is 12.4 Å². The Morgan fingerprint density at radius 2 is 1.90 bits per heavy atom. The van der Waals surface area contributed by atoms with Crippen molar-refractivity contribution in [2.45, 2.75) is 46.0 Å². The second-order valence-corrected chi connectivity index (χ2v) is 8.78. The van der Waals surface area contributed by atoms with Gasteiger partial charge < -0.3 is 4.74 Å². The SMILES string of the molecule is CCc1ccc(OCCCS(=O)(=O)Cl)c(C(C)(C)C)c1. The number of hydrogen-bond donors (Lipinski definition) is 0. The molecule has 0 saturated carbocycles. The first-order chi connectivity index (χ1) is 9.13. The Morgan fingerprint density at radius 3 is 2.40 bits per heavy atom. The van der Waals surface area contributed by atoms with Crippen molar-refractivity contribution in [3.8, 4) is 5.75 Å². The van der Waals surface area contributed by atoms with Crippen molar-refractivity contribution in [1.29, 1.82) is 0 Å². The van der Waals surface area contributed by atoms with E-state index in [-0.39, 0.29) is 11.2 Å². The van der Waals surface area contributed by atoms with E-state index in [1.807, 2.05) is 12.1 Å². The van der Waals surface area contributed by atoms with E-state index in [0.29, 0.717) is 13.0 Å². The van der Waals surface area contributed by atoms with Gasteiger partial charge >= 0.3 is 0 Å². The van der Waals surface area contributed by atoms with Crippen LogP contribution in [0.15, 0.2) is 18.2 Å². The lowest BCUT2D eigenvalue weighted by Gasteiger charge is -2.23. The molecule has 0 aliphatic carbocycles. The van der Waals surface area contributed by atoms with Crippen LogP contribution < -0.4 is 4.74 Å². The Balaban J connectivity index is 2.79. The van der Waals surface area contributed by atoms with Crippen molar-refractivity contribution in [3.05, 3.63) is 29.3 Å². The zero-order valence-electron chi connectivity index (χ0n) is 12.6. The van der Waals surface area contributed by atoms with Crippen molar-refractivity contribution >= 4 is 19.7 Å². The quantitative estimate of drug-likeness (QED) is 0.590. The molecule has 114 valence electrons. The largest absolute Gasteiger partial charge is 0.493 e. The predicted octanol–water partition coefficient (Wildman–Crippen LogP) is 3.88. The maximum atomic E-state index is 10.9. The molecule has 20 heavy (non-hydrogen) atoms. The molecule has 0 saturated heterocycles. The van der Waals surface area contributed by atoms with Crippen LogP contribution in [0.25, 0.3) is 0 Å². The van der Waals surface area contributed by atoms with Crippen molar-refractivity contribution in [1.82, 2.24) is 0 Å². The van der Waals surface area contributed by atoms with Crippen LogP contribution in [-0.2, 0) is 20.9 Å². The topological polar surface area (TPSA) is 43.4 Å². The Morgan fingerprint density at radius 1 is 1.25 bits per heavy atom. The average molecular weight is 319 g/mol. The van der Waals surface area contributed by atoms with Gasteiger partial charge in [-0.25, -0.2) is 8.42 Å². The van der Waals surface area contributed by atoms with Crippen molar-refractivity contribution in [3.63, 3.8) is 0 Å². The Labute approximate surface area is 126 Å². The molecule has 0 aliphatic heterocycles. The Hall–Kier alpha value is -0.740. The van der Waals surface area contributed by atoms with E-state index in [1.54, 1.807) is 0 Å². The van der Waals surface area contributed by atoms with E-state index in [4.69, 9.17) is 15.4 Å². The molecule has 0 radical (unpaired) electrons. The lowest BCUT2D eigenvalue weighted by atomic mass is 9.85. The summed E-state index contributed by atoms with van der Waals surface area (Å²) in [6.45, 7) is 8.88. The fraction of sp³-hybridized carbons (Fsp3) is 0.600. The summed E-state index contributed by atoms with van der Waals surface area (Å²) in [6.07, 6.45) is 1.37. The van der Waals surface area contributed by atoms with Crippen LogP contribution >= 0.6 is 10.7 Å². The highest BCUT2D eigenvalue weighted by atomic mass is 35.7. The molecule has 0 atom stereocenters. The third-order valence-electron chi connectivity index (χ3n) is 3.05. The second kappa shape index (κ2) is 6.81. The van der Waals surface area contributed by atoms with Gasteiger partial charge in [-0.3, -0.25) is 0 Å².